The predicted molar refractivity (Wildman–Crippen MR) is 89.1 cm³/mol. The number of fused-ring (bicyclic) bond motifs is 2. The lowest BCUT2D eigenvalue weighted by molar-refractivity contribution is 0.00337. The van der Waals surface area contributed by atoms with Gasteiger partial charge < -0.3 is 5.11 Å². The maximum Gasteiger partial charge on any atom is 0.0525 e. The smallest absolute Gasteiger partial charge is 0.0525 e. The highest BCUT2D eigenvalue weighted by Crippen LogP contribution is 2.62. The van der Waals surface area contributed by atoms with Crippen molar-refractivity contribution in [3.63, 3.8) is 0 Å². The zero-order valence-electron chi connectivity index (χ0n) is 14.2. The Hall–Kier alpha value is -0.560. The highest BCUT2D eigenvalue weighted by Gasteiger charge is 2.52. The molecule has 3 aliphatic rings. The van der Waals surface area contributed by atoms with E-state index < -0.39 is 0 Å². The SMILES string of the molecule is C=C[C@]1(CO)CCC2=C(CC[C@H]3C(C)(C)CCC[C@]23C)C1. The van der Waals surface area contributed by atoms with Crippen molar-refractivity contribution in [3.8, 4) is 0 Å². The summed E-state index contributed by atoms with van der Waals surface area (Å²) in [6, 6.07) is 0. The summed E-state index contributed by atoms with van der Waals surface area (Å²) in [6.07, 6.45) is 12.1. The molecule has 1 heteroatoms. The van der Waals surface area contributed by atoms with E-state index in [9.17, 15) is 5.11 Å². The topological polar surface area (TPSA) is 20.2 Å². The molecule has 0 amide bonds. The molecule has 1 fully saturated rings. The number of aliphatic hydroxyl groups is 1. The van der Waals surface area contributed by atoms with Gasteiger partial charge in [-0.3, -0.25) is 0 Å². The van der Waals surface area contributed by atoms with Gasteiger partial charge >= 0.3 is 0 Å². The summed E-state index contributed by atoms with van der Waals surface area (Å²) >= 11 is 0. The molecular weight excluding hydrogens is 256 g/mol. The predicted octanol–water partition coefficient (Wildman–Crippen LogP) is 5.26. The van der Waals surface area contributed by atoms with Crippen molar-refractivity contribution in [2.45, 2.75) is 72.1 Å². The van der Waals surface area contributed by atoms with E-state index in [1.807, 2.05) is 6.08 Å². The Morgan fingerprint density at radius 2 is 1.95 bits per heavy atom. The lowest BCUT2D eigenvalue weighted by Crippen LogP contribution is -2.47. The van der Waals surface area contributed by atoms with E-state index in [-0.39, 0.29) is 12.0 Å². The van der Waals surface area contributed by atoms with Crippen LogP contribution in [0.1, 0.15) is 72.1 Å². The normalized spacial score (nSPS) is 42.2. The third-order valence-corrected chi connectivity index (χ3v) is 7.27. The van der Waals surface area contributed by atoms with Gasteiger partial charge in [0, 0.05) is 5.41 Å². The monoisotopic (exact) mass is 288 g/mol. The minimum absolute atomic E-state index is 0.0355. The maximum absolute atomic E-state index is 9.82. The lowest BCUT2D eigenvalue weighted by atomic mass is 9.48. The van der Waals surface area contributed by atoms with Crippen LogP contribution in [0, 0.1) is 22.2 Å². The van der Waals surface area contributed by atoms with Crippen molar-refractivity contribution in [2.24, 2.45) is 22.2 Å². The molecule has 21 heavy (non-hydrogen) atoms. The van der Waals surface area contributed by atoms with Gasteiger partial charge in [-0.25, -0.2) is 0 Å². The molecule has 3 atom stereocenters. The molecule has 0 heterocycles. The number of allylic oxidation sites excluding steroid dienone is 2. The summed E-state index contributed by atoms with van der Waals surface area (Å²) in [5, 5.41) is 9.82. The van der Waals surface area contributed by atoms with Crippen molar-refractivity contribution in [3.05, 3.63) is 23.8 Å². The van der Waals surface area contributed by atoms with Gasteiger partial charge in [0.15, 0.2) is 0 Å². The Balaban J connectivity index is 1.97. The molecule has 0 radical (unpaired) electrons. The van der Waals surface area contributed by atoms with Crippen LogP contribution < -0.4 is 0 Å². The highest BCUT2D eigenvalue weighted by atomic mass is 16.3. The summed E-state index contributed by atoms with van der Waals surface area (Å²) in [7, 11) is 0. The molecule has 0 bridgehead atoms. The number of hydrogen-bond acceptors (Lipinski definition) is 1. The molecule has 3 rings (SSSR count). The van der Waals surface area contributed by atoms with Crippen LogP contribution in [0.25, 0.3) is 0 Å². The molecule has 0 spiro atoms. The number of hydrogen-bond donors (Lipinski definition) is 1. The quantitative estimate of drug-likeness (QED) is 0.687. The van der Waals surface area contributed by atoms with Crippen LogP contribution in [0.4, 0.5) is 0 Å². The second-order valence-corrected chi connectivity index (χ2v) is 8.83. The summed E-state index contributed by atoms with van der Waals surface area (Å²) in [6.45, 7) is 11.8. The minimum atomic E-state index is -0.0355. The molecule has 1 saturated carbocycles. The zero-order valence-corrected chi connectivity index (χ0v) is 14.2. The van der Waals surface area contributed by atoms with E-state index in [4.69, 9.17) is 0 Å². The molecule has 0 aromatic heterocycles. The molecule has 3 aliphatic carbocycles. The van der Waals surface area contributed by atoms with Crippen LogP contribution >= 0.6 is 0 Å². The van der Waals surface area contributed by atoms with Crippen molar-refractivity contribution in [1.29, 1.82) is 0 Å². The molecular formula is C20H32O. The fourth-order valence-corrected chi connectivity index (χ4v) is 5.98. The molecule has 118 valence electrons. The van der Waals surface area contributed by atoms with Crippen LogP contribution in [-0.2, 0) is 0 Å². The number of rotatable bonds is 2. The first-order valence-electron chi connectivity index (χ1n) is 8.83. The van der Waals surface area contributed by atoms with E-state index in [0.717, 1.165) is 18.8 Å². The Bertz CT molecular complexity index is 472. The Morgan fingerprint density at radius 1 is 1.19 bits per heavy atom. The minimum Gasteiger partial charge on any atom is -0.395 e. The van der Waals surface area contributed by atoms with Crippen molar-refractivity contribution < 1.29 is 5.11 Å². The van der Waals surface area contributed by atoms with E-state index in [0.29, 0.717) is 10.8 Å². The standard InChI is InChI=1S/C20H32O/c1-5-20(14-21)12-9-16-15(13-20)7-8-17-18(2,3)10-6-11-19(16,17)4/h5,17,21H,1,6-14H2,2-4H3/t17-,19+,20-/m0/s1. The zero-order chi connectivity index (χ0) is 15.3. The fraction of sp³-hybridized carbons (Fsp3) is 0.800. The van der Waals surface area contributed by atoms with Crippen LogP contribution in [0.15, 0.2) is 23.8 Å². The average molecular weight is 288 g/mol. The van der Waals surface area contributed by atoms with Gasteiger partial charge in [0.2, 0.25) is 0 Å². The van der Waals surface area contributed by atoms with Crippen molar-refractivity contribution in [1.82, 2.24) is 0 Å². The van der Waals surface area contributed by atoms with E-state index in [2.05, 4.69) is 27.4 Å². The Morgan fingerprint density at radius 3 is 2.62 bits per heavy atom. The first-order valence-corrected chi connectivity index (χ1v) is 8.83. The summed E-state index contributed by atoms with van der Waals surface area (Å²) in [5.41, 5.74) is 4.34. The van der Waals surface area contributed by atoms with Crippen LogP contribution in [0.2, 0.25) is 0 Å². The highest BCUT2D eigenvalue weighted by molar-refractivity contribution is 5.32. The van der Waals surface area contributed by atoms with Crippen LogP contribution in [-0.4, -0.2) is 11.7 Å². The van der Waals surface area contributed by atoms with Crippen molar-refractivity contribution >= 4 is 0 Å². The third kappa shape index (κ3) is 2.23. The van der Waals surface area contributed by atoms with Gasteiger partial charge in [-0.15, -0.1) is 6.58 Å². The van der Waals surface area contributed by atoms with Gasteiger partial charge in [-0.05, 0) is 61.7 Å². The first kappa shape index (κ1) is 15.3. The summed E-state index contributed by atoms with van der Waals surface area (Å²) in [5.74, 6) is 0.850. The van der Waals surface area contributed by atoms with Crippen LogP contribution in [0.3, 0.4) is 0 Å². The van der Waals surface area contributed by atoms with E-state index >= 15 is 0 Å². The van der Waals surface area contributed by atoms with Gasteiger partial charge in [-0.2, -0.15) is 0 Å². The van der Waals surface area contributed by atoms with E-state index in [1.54, 1.807) is 11.1 Å². The Kier molecular flexibility index (Phi) is 3.64. The van der Waals surface area contributed by atoms with Gasteiger partial charge in [0.25, 0.3) is 0 Å². The maximum atomic E-state index is 9.82. The number of aliphatic hydroxyl groups excluding tert-OH is 1. The second kappa shape index (κ2) is 4.98. The second-order valence-electron chi connectivity index (χ2n) is 8.83. The van der Waals surface area contributed by atoms with Crippen molar-refractivity contribution in [2.75, 3.05) is 6.61 Å². The third-order valence-electron chi connectivity index (χ3n) is 7.27. The molecule has 1 nitrogen and oxygen atoms in total. The molecule has 0 unspecified atom stereocenters. The largest absolute Gasteiger partial charge is 0.395 e. The molecule has 0 saturated heterocycles. The van der Waals surface area contributed by atoms with Gasteiger partial charge in [-0.1, -0.05) is 44.4 Å². The first-order chi connectivity index (χ1) is 9.87. The summed E-state index contributed by atoms with van der Waals surface area (Å²) in [4.78, 5) is 0. The molecule has 0 aliphatic heterocycles. The molecule has 0 aromatic rings. The molecule has 0 aromatic carbocycles. The van der Waals surface area contributed by atoms with E-state index in [1.165, 1.54) is 38.5 Å². The van der Waals surface area contributed by atoms with Gasteiger partial charge in [0.05, 0.1) is 6.61 Å². The summed E-state index contributed by atoms with van der Waals surface area (Å²) < 4.78 is 0. The fourth-order valence-electron chi connectivity index (χ4n) is 5.98. The average Bonchev–Trinajstić information content (AvgIpc) is 2.45. The van der Waals surface area contributed by atoms with Crippen LogP contribution in [0.5, 0.6) is 0 Å². The Labute approximate surface area is 130 Å². The molecule has 1 N–H and O–H groups in total. The lowest BCUT2D eigenvalue weighted by Gasteiger charge is -2.57. The van der Waals surface area contributed by atoms with Gasteiger partial charge in [0.1, 0.15) is 0 Å².